The predicted molar refractivity (Wildman–Crippen MR) is 119 cm³/mol. The number of likely N-dealkylation sites (tertiary alicyclic amines) is 2. The molecular formula is C22H29N3O2S2. The lowest BCUT2D eigenvalue weighted by Crippen LogP contribution is -2.50. The van der Waals surface area contributed by atoms with Crippen LogP contribution in [0.1, 0.15) is 32.1 Å². The monoisotopic (exact) mass is 431 g/mol. The first-order valence-corrected chi connectivity index (χ1v) is 12.4. The smallest absolute Gasteiger partial charge is 0.273 e. The van der Waals surface area contributed by atoms with Crippen LogP contribution in [0.4, 0.5) is 0 Å². The number of rotatable bonds is 7. The summed E-state index contributed by atoms with van der Waals surface area (Å²) in [7, 11) is 0. The Bertz CT molecular complexity index is 741. The quantitative estimate of drug-likeness (QED) is 0.616. The molecule has 0 unspecified atom stereocenters. The molecule has 2 fully saturated rings. The normalized spacial score (nSPS) is 19.4. The highest BCUT2D eigenvalue weighted by molar-refractivity contribution is 7.99. The van der Waals surface area contributed by atoms with Crippen LogP contribution < -0.4 is 4.74 Å². The van der Waals surface area contributed by atoms with Crippen LogP contribution in [-0.4, -0.2) is 64.8 Å². The van der Waals surface area contributed by atoms with E-state index in [0.29, 0.717) is 24.5 Å². The Labute approximate surface area is 181 Å². The number of benzene rings is 1. The van der Waals surface area contributed by atoms with E-state index in [1.165, 1.54) is 4.90 Å². The van der Waals surface area contributed by atoms with Gasteiger partial charge in [0, 0.05) is 60.9 Å². The van der Waals surface area contributed by atoms with Gasteiger partial charge in [0.25, 0.3) is 5.19 Å². The fourth-order valence-electron chi connectivity index (χ4n) is 4.18. The van der Waals surface area contributed by atoms with Crippen molar-refractivity contribution in [1.29, 1.82) is 0 Å². The number of ether oxygens (including phenoxy) is 1. The molecule has 1 amide bonds. The minimum absolute atomic E-state index is 0.293. The third-order valence-corrected chi connectivity index (χ3v) is 7.49. The Balaban J connectivity index is 1.13. The summed E-state index contributed by atoms with van der Waals surface area (Å²) in [5, 5.41) is 2.75. The van der Waals surface area contributed by atoms with Gasteiger partial charge in [0.1, 0.15) is 6.10 Å². The summed E-state index contributed by atoms with van der Waals surface area (Å²) in [6.07, 6.45) is 7.03. The van der Waals surface area contributed by atoms with Crippen LogP contribution in [0, 0.1) is 0 Å². The van der Waals surface area contributed by atoms with Crippen LogP contribution in [0.3, 0.4) is 0 Å². The average Bonchev–Trinajstić information content (AvgIpc) is 3.28. The molecule has 0 aliphatic carbocycles. The van der Waals surface area contributed by atoms with Gasteiger partial charge in [-0.25, -0.2) is 4.98 Å². The highest BCUT2D eigenvalue weighted by atomic mass is 32.2. The van der Waals surface area contributed by atoms with E-state index in [-0.39, 0.29) is 0 Å². The second-order valence-corrected chi connectivity index (χ2v) is 9.70. The standard InChI is InChI=1S/C22H29N3O2S2/c26-21(10-16-28-20-4-2-1-3-5-20)25-12-6-18(7-13-25)24-14-8-19(9-15-24)27-22-23-11-17-29-22/h1-5,11,17-19H,6-10,12-16H2. The zero-order chi connectivity index (χ0) is 19.9. The van der Waals surface area contributed by atoms with E-state index in [1.807, 2.05) is 23.6 Å². The van der Waals surface area contributed by atoms with E-state index < -0.39 is 0 Å². The fourth-order valence-corrected chi connectivity index (χ4v) is 5.59. The van der Waals surface area contributed by atoms with Crippen molar-refractivity contribution in [3.05, 3.63) is 41.9 Å². The van der Waals surface area contributed by atoms with Crippen molar-refractivity contribution in [1.82, 2.24) is 14.8 Å². The molecule has 2 aromatic rings. The summed E-state index contributed by atoms with van der Waals surface area (Å²) in [5.41, 5.74) is 0. The Hall–Kier alpha value is -1.57. The molecule has 0 spiro atoms. The SMILES string of the molecule is O=C(CCSc1ccccc1)N1CCC(N2CCC(Oc3nccs3)CC2)CC1. The second kappa shape index (κ2) is 10.5. The summed E-state index contributed by atoms with van der Waals surface area (Å²) >= 11 is 3.33. The largest absolute Gasteiger partial charge is 0.467 e. The number of carbonyl (C=O) groups excluding carboxylic acids is 1. The van der Waals surface area contributed by atoms with Crippen molar-refractivity contribution in [2.75, 3.05) is 31.9 Å². The van der Waals surface area contributed by atoms with E-state index in [2.05, 4.69) is 26.9 Å². The minimum atomic E-state index is 0.293. The third kappa shape index (κ3) is 5.96. The summed E-state index contributed by atoms with van der Waals surface area (Å²) in [6.45, 7) is 3.97. The molecular weight excluding hydrogens is 402 g/mol. The Kier molecular flexibility index (Phi) is 7.46. The number of aromatic nitrogens is 1. The second-order valence-electron chi connectivity index (χ2n) is 7.67. The van der Waals surface area contributed by atoms with Crippen molar-refractivity contribution in [2.45, 2.75) is 49.1 Å². The summed E-state index contributed by atoms with van der Waals surface area (Å²) < 4.78 is 5.97. The lowest BCUT2D eigenvalue weighted by Gasteiger charge is -2.41. The van der Waals surface area contributed by atoms with Crippen molar-refractivity contribution < 1.29 is 9.53 Å². The van der Waals surface area contributed by atoms with Crippen molar-refractivity contribution in [2.24, 2.45) is 0 Å². The molecule has 1 aromatic carbocycles. The predicted octanol–water partition coefficient (Wildman–Crippen LogP) is 4.16. The fraction of sp³-hybridized carbons (Fsp3) is 0.545. The van der Waals surface area contributed by atoms with Gasteiger partial charge in [-0.05, 0) is 37.8 Å². The number of hydrogen-bond donors (Lipinski definition) is 0. The number of amides is 1. The molecule has 2 aliphatic heterocycles. The molecule has 156 valence electrons. The molecule has 1 aromatic heterocycles. The van der Waals surface area contributed by atoms with E-state index in [4.69, 9.17) is 4.74 Å². The molecule has 3 heterocycles. The van der Waals surface area contributed by atoms with Gasteiger partial charge in [-0.1, -0.05) is 29.5 Å². The molecule has 0 bridgehead atoms. The van der Waals surface area contributed by atoms with Crippen LogP contribution in [-0.2, 0) is 4.79 Å². The van der Waals surface area contributed by atoms with E-state index >= 15 is 0 Å². The number of carbonyl (C=O) groups is 1. The molecule has 2 saturated heterocycles. The van der Waals surface area contributed by atoms with Crippen molar-refractivity contribution in [3.63, 3.8) is 0 Å². The first-order chi connectivity index (χ1) is 14.3. The third-order valence-electron chi connectivity index (χ3n) is 5.82. The number of hydrogen-bond acceptors (Lipinski definition) is 6. The van der Waals surface area contributed by atoms with E-state index in [0.717, 1.165) is 62.8 Å². The first-order valence-electron chi connectivity index (χ1n) is 10.5. The van der Waals surface area contributed by atoms with Gasteiger partial charge in [0.2, 0.25) is 5.91 Å². The van der Waals surface area contributed by atoms with Crippen LogP contribution in [0.5, 0.6) is 5.19 Å². The van der Waals surface area contributed by atoms with Crippen molar-refractivity contribution >= 4 is 29.0 Å². The van der Waals surface area contributed by atoms with Crippen LogP contribution >= 0.6 is 23.1 Å². The summed E-state index contributed by atoms with van der Waals surface area (Å²) in [4.78, 5) is 22.7. The number of thioether (sulfide) groups is 1. The molecule has 0 N–H and O–H groups in total. The summed E-state index contributed by atoms with van der Waals surface area (Å²) in [6, 6.07) is 10.9. The lowest BCUT2D eigenvalue weighted by molar-refractivity contribution is -0.132. The maximum Gasteiger partial charge on any atom is 0.273 e. The molecule has 0 saturated carbocycles. The number of thiazole rings is 1. The van der Waals surface area contributed by atoms with Crippen LogP contribution in [0.25, 0.3) is 0 Å². The first kappa shape index (κ1) is 20.7. The number of nitrogens with zero attached hydrogens (tertiary/aromatic N) is 3. The molecule has 2 aliphatic rings. The van der Waals surface area contributed by atoms with Crippen LogP contribution in [0.2, 0.25) is 0 Å². The van der Waals surface area contributed by atoms with Crippen molar-refractivity contribution in [3.8, 4) is 5.19 Å². The molecule has 29 heavy (non-hydrogen) atoms. The molecule has 0 atom stereocenters. The summed E-state index contributed by atoms with van der Waals surface area (Å²) in [5.74, 6) is 1.16. The van der Waals surface area contributed by atoms with Gasteiger partial charge < -0.3 is 9.64 Å². The molecule has 7 heteroatoms. The van der Waals surface area contributed by atoms with Gasteiger partial charge in [-0.15, -0.1) is 11.8 Å². The van der Waals surface area contributed by atoms with E-state index in [1.54, 1.807) is 29.3 Å². The van der Waals surface area contributed by atoms with Crippen LogP contribution in [0.15, 0.2) is 46.8 Å². The van der Waals surface area contributed by atoms with Gasteiger partial charge in [-0.2, -0.15) is 0 Å². The Morgan fingerprint density at radius 1 is 1.10 bits per heavy atom. The molecule has 0 radical (unpaired) electrons. The highest BCUT2D eigenvalue weighted by Crippen LogP contribution is 2.25. The van der Waals surface area contributed by atoms with Gasteiger partial charge >= 0.3 is 0 Å². The van der Waals surface area contributed by atoms with E-state index in [9.17, 15) is 4.79 Å². The Morgan fingerprint density at radius 3 is 2.55 bits per heavy atom. The maximum atomic E-state index is 12.5. The molecule has 5 nitrogen and oxygen atoms in total. The topological polar surface area (TPSA) is 45.7 Å². The highest BCUT2D eigenvalue weighted by Gasteiger charge is 2.30. The van der Waals surface area contributed by atoms with Gasteiger partial charge in [0.15, 0.2) is 0 Å². The average molecular weight is 432 g/mol. The lowest BCUT2D eigenvalue weighted by atomic mass is 9.98. The zero-order valence-electron chi connectivity index (χ0n) is 16.7. The minimum Gasteiger partial charge on any atom is -0.467 e. The number of piperidine rings is 2. The molecule has 4 rings (SSSR count). The van der Waals surface area contributed by atoms with Gasteiger partial charge in [0.05, 0.1) is 0 Å². The maximum absolute atomic E-state index is 12.5. The Morgan fingerprint density at radius 2 is 1.86 bits per heavy atom. The zero-order valence-corrected chi connectivity index (χ0v) is 18.4. The van der Waals surface area contributed by atoms with Gasteiger partial charge in [-0.3, -0.25) is 9.69 Å².